The van der Waals surface area contributed by atoms with Crippen molar-refractivity contribution in [3.63, 3.8) is 0 Å². The first-order valence-electron chi connectivity index (χ1n) is 8.12. The summed E-state index contributed by atoms with van der Waals surface area (Å²) in [4.78, 5) is 20.3. The third-order valence-electron chi connectivity index (χ3n) is 4.15. The molecule has 0 N–H and O–H groups in total. The SMILES string of the molecule is CCOC(=O)C1=Cc2sc(N(C)C)nc2CC1c1ccc(C)cc1. The zero-order chi connectivity index (χ0) is 17.3. The molecule has 1 aromatic heterocycles. The number of benzene rings is 1. The van der Waals surface area contributed by atoms with Crippen LogP contribution in [0.2, 0.25) is 0 Å². The van der Waals surface area contributed by atoms with Gasteiger partial charge in [0.2, 0.25) is 0 Å². The summed E-state index contributed by atoms with van der Waals surface area (Å²) >= 11 is 1.61. The van der Waals surface area contributed by atoms with E-state index in [9.17, 15) is 4.79 Å². The van der Waals surface area contributed by atoms with Gasteiger partial charge in [0.05, 0.1) is 17.2 Å². The number of fused-ring (bicyclic) bond motifs is 1. The molecule has 1 unspecified atom stereocenters. The molecule has 1 atom stereocenters. The maximum Gasteiger partial charge on any atom is 0.334 e. The molecular weight excluding hydrogens is 320 g/mol. The van der Waals surface area contributed by atoms with Gasteiger partial charge in [-0.2, -0.15) is 0 Å². The summed E-state index contributed by atoms with van der Waals surface area (Å²) in [5.41, 5.74) is 4.12. The number of hydrogen-bond donors (Lipinski definition) is 0. The lowest BCUT2D eigenvalue weighted by atomic mass is 9.83. The van der Waals surface area contributed by atoms with Crippen LogP contribution in [0.3, 0.4) is 0 Å². The number of hydrogen-bond acceptors (Lipinski definition) is 5. The molecule has 0 aliphatic heterocycles. The fourth-order valence-corrected chi connectivity index (χ4v) is 3.83. The summed E-state index contributed by atoms with van der Waals surface area (Å²) < 4.78 is 5.29. The number of aromatic nitrogens is 1. The van der Waals surface area contributed by atoms with E-state index in [2.05, 4.69) is 31.2 Å². The van der Waals surface area contributed by atoms with Crippen molar-refractivity contribution in [2.24, 2.45) is 0 Å². The summed E-state index contributed by atoms with van der Waals surface area (Å²) in [5.74, 6) is -0.234. The van der Waals surface area contributed by atoms with Crippen LogP contribution < -0.4 is 4.90 Å². The van der Waals surface area contributed by atoms with Crippen molar-refractivity contribution < 1.29 is 9.53 Å². The van der Waals surface area contributed by atoms with Gasteiger partial charge in [-0.15, -0.1) is 0 Å². The second-order valence-corrected chi connectivity index (χ2v) is 7.20. The predicted molar refractivity (Wildman–Crippen MR) is 98.7 cm³/mol. The van der Waals surface area contributed by atoms with Crippen molar-refractivity contribution >= 4 is 28.5 Å². The van der Waals surface area contributed by atoms with E-state index in [4.69, 9.17) is 9.72 Å². The smallest absolute Gasteiger partial charge is 0.334 e. The Bertz CT molecular complexity index is 775. The molecule has 1 aliphatic rings. The largest absolute Gasteiger partial charge is 0.463 e. The molecule has 0 spiro atoms. The molecule has 0 radical (unpaired) electrons. The van der Waals surface area contributed by atoms with Gasteiger partial charge < -0.3 is 9.64 Å². The van der Waals surface area contributed by atoms with E-state index in [1.807, 2.05) is 32.0 Å². The van der Waals surface area contributed by atoms with Crippen molar-refractivity contribution in [3.05, 3.63) is 51.5 Å². The number of carbonyl (C=O) groups excluding carboxylic acids is 1. The Kier molecular flexibility index (Phi) is 4.71. The van der Waals surface area contributed by atoms with Gasteiger partial charge in [-0.25, -0.2) is 9.78 Å². The third kappa shape index (κ3) is 3.22. The Balaban J connectivity index is 2.03. The lowest BCUT2D eigenvalue weighted by Gasteiger charge is -2.23. The first-order valence-corrected chi connectivity index (χ1v) is 8.93. The lowest BCUT2D eigenvalue weighted by Crippen LogP contribution is -2.19. The minimum Gasteiger partial charge on any atom is -0.463 e. The predicted octanol–water partition coefficient (Wildman–Crippen LogP) is 3.80. The van der Waals surface area contributed by atoms with Gasteiger partial charge in [0, 0.05) is 32.0 Å². The summed E-state index contributed by atoms with van der Waals surface area (Å²) in [6, 6.07) is 8.36. The van der Waals surface area contributed by atoms with E-state index in [-0.39, 0.29) is 11.9 Å². The second kappa shape index (κ2) is 6.77. The maximum absolute atomic E-state index is 12.5. The Morgan fingerprint density at radius 1 is 1.33 bits per heavy atom. The molecule has 1 aliphatic carbocycles. The Morgan fingerprint density at radius 3 is 2.67 bits per heavy atom. The zero-order valence-electron chi connectivity index (χ0n) is 14.5. The van der Waals surface area contributed by atoms with Gasteiger partial charge in [-0.3, -0.25) is 0 Å². The average molecular weight is 342 g/mol. The van der Waals surface area contributed by atoms with Crippen molar-refractivity contribution in [3.8, 4) is 0 Å². The van der Waals surface area contributed by atoms with Crippen LogP contribution in [0, 0.1) is 6.92 Å². The number of nitrogens with zero attached hydrogens (tertiary/aromatic N) is 2. The summed E-state index contributed by atoms with van der Waals surface area (Å²) in [6.07, 6.45) is 2.69. The Morgan fingerprint density at radius 2 is 2.04 bits per heavy atom. The highest BCUT2D eigenvalue weighted by atomic mass is 32.1. The van der Waals surface area contributed by atoms with E-state index in [0.717, 1.165) is 33.3 Å². The molecule has 1 aromatic carbocycles. The summed E-state index contributed by atoms with van der Waals surface area (Å²) in [7, 11) is 3.97. The molecular formula is C19H22N2O2S. The Hall–Kier alpha value is -2.14. The van der Waals surface area contributed by atoms with Gasteiger partial charge >= 0.3 is 5.97 Å². The summed E-state index contributed by atoms with van der Waals surface area (Å²) in [6.45, 7) is 4.29. The normalized spacial score (nSPS) is 16.3. The van der Waals surface area contributed by atoms with E-state index < -0.39 is 0 Å². The average Bonchev–Trinajstić information content (AvgIpc) is 2.98. The zero-order valence-corrected chi connectivity index (χ0v) is 15.3. The molecule has 0 saturated carbocycles. The number of esters is 1. The van der Waals surface area contributed by atoms with Crippen molar-refractivity contribution in [1.82, 2.24) is 4.98 Å². The summed E-state index contributed by atoms with van der Waals surface area (Å²) in [5, 5.41) is 0.962. The molecule has 0 amide bonds. The molecule has 0 fully saturated rings. The fourth-order valence-electron chi connectivity index (χ4n) is 2.86. The molecule has 0 saturated heterocycles. The molecule has 126 valence electrons. The first-order chi connectivity index (χ1) is 11.5. The standard InChI is InChI=1S/C19H22N2O2S/c1-5-23-18(22)15-11-17-16(20-19(24-17)21(3)4)10-14(15)13-8-6-12(2)7-9-13/h6-9,11,14H,5,10H2,1-4H3. The third-order valence-corrected chi connectivity index (χ3v) is 5.36. The van der Waals surface area contributed by atoms with E-state index in [1.165, 1.54) is 5.56 Å². The number of anilines is 1. The number of ether oxygens (including phenoxy) is 1. The van der Waals surface area contributed by atoms with Gasteiger partial charge in [-0.05, 0) is 25.5 Å². The van der Waals surface area contributed by atoms with Crippen LogP contribution in [0.4, 0.5) is 5.13 Å². The molecule has 0 bridgehead atoms. The molecule has 4 nitrogen and oxygen atoms in total. The van der Waals surface area contributed by atoms with Crippen molar-refractivity contribution in [2.45, 2.75) is 26.2 Å². The minimum absolute atomic E-state index is 0.00531. The van der Waals surface area contributed by atoms with Crippen molar-refractivity contribution in [1.29, 1.82) is 0 Å². The van der Waals surface area contributed by atoms with Crippen LogP contribution in [0.15, 0.2) is 29.8 Å². The highest BCUT2D eigenvalue weighted by molar-refractivity contribution is 7.16. The number of aryl methyl sites for hydroxylation is 1. The van der Waals surface area contributed by atoms with Crippen LogP contribution in [0.25, 0.3) is 6.08 Å². The van der Waals surface area contributed by atoms with Crippen LogP contribution in [0.5, 0.6) is 0 Å². The molecule has 1 heterocycles. The maximum atomic E-state index is 12.5. The minimum atomic E-state index is -0.228. The highest BCUT2D eigenvalue weighted by Gasteiger charge is 2.30. The number of rotatable bonds is 4. The second-order valence-electron chi connectivity index (χ2n) is 6.19. The Labute approximate surface area is 146 Å². The van der Waals surface area contributed by atoms with Crippen LogP contribution in [-0.4, -0.2) is 31.7 Å². The molecule has 3 rings (SSSR count). The lowest BCUT2D eigenvalue weighted by molar-refractivity contribution is -0.138. The first kappa shape index (κ1) is 16.7. The van der Waals surface area contributed by atoms with Gasteiger partial charge in [0.15, 0.2) is 5.13 Å². The topological polar surface area (TPSA) is 42.4 Å². The molecule has 5 heteroatoms. The van der Waals surface area contributed by atoms with Gasteiger partial charge in [0.25, 0.3) is 0 Å². The van der Waals surface area contributed by atoms with Crippen LogP contribution >= 0.6 is 11.3 Å². The van der Waals surface area contributed by atoms with Crippen molar-refractivity contribution in [2.75, 3.05) is 25.6 Å². The number of thiazole rings is 1. The van der Waals surface area contributed by atoms with Gasteiger partial charge in [0.1, 0.15) is 0 Å². The van der Waals surface area contributed by atoms with E-state index in [0.29, 0.717) is 6.61 Å². The monoisotopic (exact) mass is 342 g/mol. The highest BCUT2D eigenvalue weighted by Crippen LogP contribution is 2.40. The number of carbonyl (C=O) groups is 1. The fraction of sp³-hybridized carbons (Fsp3) is 0.368. The van der Waals surface area contributed by atoms with Gasteiger partial charge in [-0.1, -0.05) is 41.2 Å². The quantitative estimate of drug-likeness (QED) is 0.793. The van der Waals surface area contributed by atoms with Crippen LogP contribution in [0.1, 0.15) is 34.5 Å². The molecule has 24 heavy (non-hydrogen) atoms. The molecule has 2 aromatic rings. The van der Waals surface area contributed by atoms with E-state index in [1.54, 1.807) is 11.3 Å². The van der Waals surface area contributed by atoms with E-state index >= 15 is 0 Å². The van der Waals surface area contributed by atoms with Crippen LogP contribution in [-0.2, 0) is 16.0 Å².